The topological polar surface area (TPSA) is 87.7 Å². The molecule has 9 nitrogen and oxygen atoms in total. The molecule has 0 saturated carbocycles. The van der Waals surface area contributed by atoms with Gasteiger partial charge in [0.15, 0.2) is 0 Å². The summed E-state index contributed by atoms with van der Waals surface area (Å²) in [5.74, 6) is 2.31. The highest BCUT2D eigenvalue weighted by Crippen LogP contribution is 2.45. The van der Waals surface area contributed by atoms with E-state index in [1.54, 1.807) is 6.33 Å². The largest absolute Gasteiger partial charge is 0.351 e. The fourth-order valence-corrected chi connectivity index (χ4v) is 10.3. The van der Waals surface area contributed by atoms with Gasteiger partial charge >= 0.3 is 0 Å². The maximum Gasteiger partial charge on any atom is 0.227 e. The van der Waals surface area contributed by atoms with E-state index < -0.39 is 0 Å². The maximum atomic E-state index is 6.58. The van der Waals surface area contributed by atoms with Gasteiger partial charge in [0.25, 0.3) is 0 Å². The van der Waals surface area contributed by atoms with E-state index >= 15 is 0 Å². The third kappa shape index (κ3) is 14.4. The van der Waals surface area contributed by atoms with Gasteiger partial charge in [0, 0.05) is 34.2 Å². The van der Waals surface area contributed by atoms with Crippen LogP contribution in [0.5, 0.6) is 0 Å². The normalized spacial score (nSPS) is 21.6. The average molecular weight is 758 g/mol. The van der Waals surface area contributed by atoms with E-state index in [0.29, 0.717) is 23.7 Å². The Morgan fingerprint density at radius 1 is 0.537 bits per heavy atom. The average Bonchev–Trinajstić information content (AvgIpc) is 3.08. The Morgan fingerprint density at radius 3 is 1.20 bits per heavy atom. The molecule has 1 aromatic heterocycles. The monoisotopic (exact) mass is 758 g/mol. The van der Waals surface area contributed by atoms with Crippen LogP contribution in [0.1, 0.15) is 212 Å². The van der Waals surface area contributed by atoms with Crippen LogP contribution in [0.2, 0.25) is 0 Å². The van der Waals surface area contributed by atoms with Gasteiger partial charge in [0.05, 0.1) is 13.2 Å². The third-order valence-corrected chi connectivity index (χ3v) is 12.2. The number of unbranched alkanes of at least 4 members (excludes halogenated alkanes) is 10. The van der Waals surface area contributed by atoms with E-state index in [2.05, 4.69) is 114 Å². The number of rotatable bonds is 26. The Kier molecular flexibility index (Phi) is 19.4. The molecule has 0 amide bonds. The Morgan fingerprint density at radius 2 is 0.870 bits per heavy atom. The molecule has 0 radical (unpaired) electrons. The molecular weight excluding hydrogens is 671 g/mol. The second kappa shape index (κ2) is 22.4. The molecule has 3 rings (SSSR count). The van der Waals surface area contributed by atoms with Crippen molar-refractivity contribution in [1.29, 1.82) is 0 Å². The van der Waals surface area contributed by atoms with Crippen molar-refractivity contribution in [2.24, 2.45) is 11.8 Å². The zero-order valence-electron chi connectivity index (χ0n) is 37.5. The minimum absolute atomic E-state index is 0.0715. The molecule has 3 heterocycles. The first-order chi connectivity index (χ1) is 25.6. The van der Waals surface area contributed by atoms with Crippen LogP contribution < -0.4 is 10.6 Å². The smallest absolute Gasteiger partial charge is 0.227 e. The third-order valence-electron chi connectivity index (χ3n) is 12.2. The summed E-state index contributed by atoms with van der Waals surface area (Å²) in [4.78, 5) is 27.5. The lowest BCUT2D eigenvalue weighted by Gasteiger charge is -2.55. The molecule has 0 bridgehead atoms. The van der Waals surface area contributed by atoms with Crippen LogP contribution >= 0.6 is 0 Å². The highest BCUT2D eigenvalue weighted by atomic mass is 16.7. The predicted octanol–water partition coefficient (Wildman–Crippen LogP) is 12.2. The Bertz CT molecular complexity index is 1050. The fraction of sp³-hybridized carbons (Fsp3) is 0.933. The van der Waals surface area contributed by atoms with Gasteiger partial charge in [-0.2, -0.15) is 15.1 Å². The highest BCUT2D eigenvalue weighted by molar-refractivity contribution is 5.35. The van der Waals surface area contributed by atoms with Crippen LogP contribution in [0, 0.1) is 11.8 Å². The van der Waals surface area contributed by atoms with Crippen molar-refractivity contribution in [2.75, 3.05) is 23.8 Å². The molecule has 0 aromatic carbocycles. The second-order valence-corrected chi connectivity index (χ2v) is 19.6. The molecule has 9 heteroatoms. The first kappa shape index (κ1) is 46.8. The lowest BCUT2D eigenvalue weighted by atomic mass is 9.71. The van der Waals surface area contributed by atoms with E-state index in [9.17, 15) is 0 Å². The Hall–Kier alpha value is -1.55. The Labute approximate surface area is 333 Å². The lowest BCUT2D eigenvalue weighted by Crippen LogP contribution is -2.62. The molecule has 2 N–H and O–H groups in total. The first-order valence-corrected chi connectivity index (χ1v) is 22.7. The number of piperidine rings is 2. The summed E-state index contributed by atoms with van der Waals surface area (Å²) in [6.45, 7) is 29.6. The fourth-order valence-electron chi connectivity index (χ4n) is 10.3. The summed E-state index contributed by atoms with van der Waals surface area (Å²) in [6, 6.07) is 0.552. The van der Waals surface area contributed by atoms with Crippen molar-refractivity contribution in [2.45, 2.75) is 246 Å². The van der Waals surface area contributed by atoms with Crippen molar-refractivity contribution >= 4 is 11.9 Å². The minimum Gasteiger partial charge on any atom is -0.351 e. The molecule has 2 fully saturated rings. The number of hydrogen-bond acceptors (Lipinski definition) is 9. The molecule has 314 valence electrons. The maximum absolute atomic E-state index is 6.58. The van der Waals surface area contributed by atoms with Gasteiger partial charge in [0.1, 0.15) is 6.33 Å². The quantitative estimate of drug-likeness (QED) is 0.0897. The van der Waals surface area contributed by atoms with Crippen molar-refractivity contribution in [3.8, 4) is 0 Å². The first-order valence-electron chi connectivity index (χ1n) is 22.7. The van der Waals surface area contributed by atoms with E-state index in [-0.39, 0.29) is 34.2 Å². The summed E-state index contributed by atoms with van der Waals surface area (Å²) < 4.78 is 0. The van der Waals surface area contributed by atoms with Crippen molar-refractivity contribution < 1.29 is 9.68 Å². The standard InChI is InChI=1S/C45H87N7O2/c1-13-17-19-21-23-25-29-53-51-42(5,6)31-36(32-43(51,7)8)38(27-15-3)48-40-46-35-47-41(50-40)49-39(28-16-4)37-33-44(9,10)52(45(11,12)34-37)54-30-26-24-22-20-18-14-2/h35-39H,13-34H2,1-12H3,(H2,46,47,48,49,50). The molecule has 54 heavy (non-hydrogen) atoms. The van der Waals surface area contributed by atoms with Crippen molar-refractivity contribution in [3.05, 3.63) is 6.33 Å². The second-order valence-electron chi connectivity index (χ2n) is 19.6. The summed E-state index contributed by atoms with van der Waals surface area (Å²) in [6.07, 6.45) is 25.6. The van der Waals surface area contributed by atoms with Gasteiger partial charge in [-0.1, -0.05) is 105 Å². The molecule has 2 saturated heterocycles. The van der Waals surface area contributed by atoms with E-state index in [1.807, 2.05) is 0 Å². The van der Waals surface area contributed by atoms with Crippen LogP contribution in [0.15, 0.2) is 6.33 Å². The number of nitrogens with zero attached hydrogens (tertiary/aromatic N) is 5. The molecule has 2 aliphatic heterocycles. The minimum atomic E-state index is -0.0715. The molecule has 1 aromatic rings. The van der Waals surface area contributed by atoms with E-state index in [0.717, 1.165) is 77.4 Å². The van der Waals surface area contributed by atoms with E-state index in [4.69, 9.17) is 14.7 Å². The number of nitrogens with one attached hydrogen (secondary N) is 2. The van der Waals surface area contributed by atoms with Crippen LogP contribution in [0.3, 0.4) is 0 Å². The van der Waals surface area contributed by atoms with Gasteiger partial charge in [-0.15, -0.1) is 0 Å². The van der Waals surface area contributed by atoms with E-state index in [1.165, 1.54) is 64.2 Å². The molecule has 0 aliphatic carbocycles. The van der Waals surface area contributed by atoms with Crippen molar-refractivity contribution in [1.82, 2.24) is 25.1 Å². The number of hydroxylamine groups is 4. The highest BCUT2D eigenvalue weighted by Gasteiger charge is 2.49. The molecule has 2 atom stereocenters. The number of aromatic nitrogens is 3. The molecule has 0 spiro atoms. The Balaban J connectivity index is 1.65. The summed E-state index contributed by atoms with van der Waals surface area (Å²) >= 11 is 0. The van der Waals surface area contributed by atoms with Gasteiger partial charge in [-0.05, 0) is 119 Å². The summed E-state index contributed by atoms with van der Waals surface area (Å²) in [7, 11) is 0. The molecule has 2 unspecified atom stereocenters. The van der Waals surface area contributed by atoms with Gasteiger partial charge in [-0.3, -0.25) is 9.68 Å². The molecular formula is C45H87N7O2. The lowest BCUT2D eigenvalue weighted by molar-refractivity contribution is -0.289. The zero-order chi connectivity index (χ0) is 39.8. The summed E-state index contributed by atoms with van der Waals surface area (Å²) in [5, 5.41) is 12.3. The SMILES string of the molecule is CCCCCCCCON1C(C)(C)CC(C(CCC)Nc2ncnc(NC(CCC)C3CC(C)(C)N(OCCCCCCCC)C(C)(C)C3)n2)CC1(C)C. The van der Waals surface area contributed by atoms with Crippen LogP contribution in [0.25, 0.3) is 0 Å². The number of anilines is 2. The van der Waals surface area contributed by atoms with Crippen LogP contribution in [-0.2, 0) is 9.68 Å². The zero-order valence-corrected chi connectivity index (χ0v) is 37.5. The van der Waals surface area contributed by atoms with Gasteiger partial charge in [0.2, 0.25) is 11.9 Å². The predicted molar refractivity (Wildman–Crippen MR) is 229 cm³/mol. The molecule has 2 aliphatic rings. The van der Waals surface area contributed by atoms with Crippen molar-refractivity contribution in [3.63, 3.8) is 0 Å². The number of hydrogen-bond donors (Lipinski definition) is 2. The van der Waals surface area contributed by atoms with Crippen LogP contribution in [0.4, 0.5) is 11.9 Å². The van der Waals surface area contributed by atoms with Gasteiger partial charge in [-0.25, -0.2) is 9.97 Å². The van der Waals surface area contributed by atoms with Crippen LogP contribution in [-0.4, -0.2) is 72.5 Å². The van der Waals surface area contributed by atoms with Gasteiger partial charge < -0.3 is 10.6 Å². The summed E-state index contributed by atoms with van der Waals surface area (Å²) in [5.41, 5.74) is -0.286.